The van der Waals surface area contributed by atoms with E-state index in [2.05, 4.69) is 19.6 Å². The Balaban J connectivity index is 2.39. The molecule has 1 rings (SSSR count). The van der Waals surface area contributed by atoms with Crippen LogP contribution in [0.4, 0.5) is 0 Å². The second-order valence-electron chi connectivity index (χ2n) is 7.33. The van der Waals surface area contributed by atoms with E-state index in [4.69, 9.17) is 5.11 Å². The number of rotatable bonds is 13. The summed E-state index contributed by atoms with van der Waals surface area (Å²) in [5.41, 5.74) is 4.02. The Bertz CT molecular complexity index is 540. The summed E-state index contributed by atoms with van der Waals surface area (Å²) in [4.78, 5) is 22.5. The predicted octanol–water partition coefficient (Wildman–Crippen LogP) is 4.83. The molecular weight excluding hydrogens is 328 g/mol. The van der Waals surface area contributed by atoms with Crippen LogP contribution in [0.1, 0.15) is 78.1 Å². The lowest BCUT2D eigenvalue weighted by Gasteiger charge is -2.20. The fourth-order valence-corrected chi connectivity index (χ4v) is 3.42. The van der Waals surface area contributed by atoms with E-state index in [0.29, 0.717) is 18.8 Å². The molecule has 0 radical (unpaired) electrons. The molecule has 0 aromatic heterocycles. The fourth-order valence-electron chi connectivity index (χ4n) is 3.42. The molecule has 2 N–H and O–H groups in total. The van der Waals surface area contributed by atoms with Gasteiger partial charge in [0.1, 0.15) is 5.78 Å². The monoisotopic (exact) mass is 362 g/mol. The first-order valence-electron chi connectivity index (χ1n) is 9.96. The van der Waals surface area contributed by atoms with Crippen molar-refractivity contribution in [2.24, 2.45) is 11.8 Å². The molecular formula is C22H34O4. The number of aliphatic carboxylic acids is 1. The van der Waals surface area contributed by atoms with Gasteiger partial charge in [0.05, 0.1) is 12.5 Å². The smallest absolute Gasteiger partial charge is 0.307 e. The molecule has 0 fully saturated rings. The Hall–Kier alpha value is -1.64. The van der Waals surface area contributed by atoms with E-state index in [1.165, 1.54) is 25.3 Å². The zero-order chi connectivity index (χ0) is 19.4. The van der Waals surface area contributed by atoms with Crippen LogP contribution in [-0.4, -0.2) is 28.1 Å². The number of ketones is 1. The number of carboxylic acids is 1. The van der Waals surface area contributed by atoms with Crippen molar-refractivity contribution in [3.8, 4) is 0 Å². The first-order valence-corrected chi connectivity index (χ1v) is 9.96. The van der Waals surface area contributed by atoms with Gasteiger partial charge in [-0.1, -0.05) is 44.8 Å². The molecule has 146 valence electrons. The second-order valence-corrected chi connectivity index (χ2v) is 7.33. The van der Waals surface area contributed by atoms with Gasteiger partial charge in [0.15, 0.2) is 0 Å². The average molecular weight is 363 g/mol. The highest BCUT2D eigenvalue weighted by Gasteiger charge is 2.27. The van der Waals surface area contributed by atoms with Crippen molar-refractivity contribution in [3.63, 3.8) is 0 Å². The zero-order valence-electron chi connectivity index (χ0n) is 16.2. The molecule has 0 amide bonds. The van der Waals surface area contributed by atoms with Crippen LogP contribution in [0, 0.1) is 11.8 Å². The molecule has 3 atom stereocenters. The van der Waals surface area contributed by atoms with E-state index >= 15 is 0 Å². The Labute approximate surface area is 157 Å². The molecule has 26 heavy (non-hydrogen) atoms. The molecule has 4 heteroatoms. The Morgan fingerprint density at radius 1 is 1.35 bits per heavy atom. The standard InChI is InChI=1S/C22H34O4/c1-3-4-7-10-17(2)20(23)15-13-18-14-16-21(24)19(18)11-8-5-6-9-12-22(25)26/h5,9,14,17,19-20,23H,3-4,7-8,10-13,15-16H2,1-2H3,(H,25,26)/t6?,17?,19-,20+/m1/s1. The second kappa shape index (κ2) is 12.7. The lowest BCUT2D eigenvalue weighted by atomic mass is 9.88. The summed E-state index contributed by atoms with van der Waals surface area (Å²) in [5.74, 6) is -0.354. The molecule has 1 unspecified atom stereocenters. The lowest BCUT2D eigenvalue weighted by Crippen LogP contribution is -2.19. The van der Waals surface area contributed by atoms with Crippen LogP contribution in [0.3, 0.4) is 0 Å². The number of hydrogen-bond acceptors (Lipinski definition) is 3. The average Bonchev–Trinajstić information content (AvgIpc) is 2.95. The summed E-state index contributed by atoms with van der Waals surface area (Å²) in [6.07, 6.45) is 13.1. The number of hydrogen-bond donors (Lipinski definition) is 2. The number of aliphatic hydroxyl groups is 1. The number of carbonyl (C=O) groups is 2. The lowest BCUT2D eigenvalue weighted by molar-refractivity contribution is -0.136. The largest absolute Gasteiger partial charge is 0.481 e. The number of carboxylic acid groups (broad SMARTS) is 1. The third-order valence-corrected chi connectivity index (χ3v) is 5.16. The number of aliphatic hydroxyl groups excluding tert-OH is 1. The molecule has 4 nitrogen and oxygen atoms in total. The van der Waals surface area contributed by atoms with E-state index in [-0.39, 0.29) is 24.2 Å². The van der Waals surface area contributed by atoms with Gasteiger partial charge in [0, 0.05) is 12.3 Å². The summed E-state index contributed by atoms with van der Waals surface area (Å²) < 4.78 is 0. The summed E-state index contributed by atoms with van der Waals surface area (Å²) >= 11 is 0. The third-order valence-electron chi connectivity index (χ3n) is 5.16. The number of Topliss-reactive ketones (excluding diaryl/α,β-unsaturated/α-hetero) is 1. The molecule has 0 saturated carbocycles. The molecule has 0 aliphatic heterocycles. The van der Waals surface area contributed by atoms with Crippen LogP contribution >= 0.6 is 0 Å². The third kappa shape index (κ3) is 8.64. The molecule has 0 aromatic carbocycles. The summed E-state index contributed by atoms with van der Waals surface area (Å²) in [6.45, 7) is 4.29. The zero-order valence-corrected chi connectivity index (χ0v) is 16.2. The summed E-state index contributed by atoms with van der Waals surface area (Å²) in [5, 5.41) is 18.9. The SMILES string of the molecule is CCCCCC(C)[C@@H](O)CCC1=CCC(=O)[C@@H]1CCC=C=CCC(=O)O. The minimum absolute atomic E-state index is 0.0294. The Kier molecular flexibility index (Phi) is 10.9. The van der Waals surface area contributed by atoms with Gasteiger partial charge in [0.2, 0.25) is 0 Å². The van der Waals surface area contributed by atoms with Gasteiger partial charge in [-0.05, 0) is 50.2 Å². The number of unbranched alkanes of at least 4 members (excludes halogenated alkanes) is 2. The molecule has 0 saturated heterocycles. The van der Waals surface area contributed by atoms with Gasteiger partial charge in [-0.2, -0.15) is 0 Å². The fraction of sp³-hybridized carbons (Fsp3) is 0.682. The van der Waals surface area contributed by atoms with Crippen LogP contribution in [0.15, 0.2) is 29.5 Å². The maximum atomic E-state index is 12.1. The van der Waals surface area contributed by atoms with Crippen LogP contribution in [0.5, 0.6) is 0 Å². The molecule has 0 heterocycles. The summed E-state index contributed by atoms with van der Waals surface area (Å²) in [6, 6.07) is 0. The van der Waals surface area contributed by atoms with Gasteiger partial charge in [-0.3, -0.25) is 9.59 Å². The van der Waals surface area contributed by atoms with E-state index in [1.807, 2.05) is 6.08 Å². The Morgan fingerprint density at radius 3 is 2.81 bits per heavy atom. The van der Waals surface area contributed by atoms with E-state index in [9.17, 15) is 14.7 Å². The van der Waals surface area contributed by atoms with Crippen molar-refractivity contribution in [3.05, 3.63) is 29.5 Å². The normalized spacial score (nSPS) is 18.8. The number of carbonyl (C=O) groups excluding carboxylic acids is 1. The van der Waals surface area contributed by atoms with Crippen LogP contribution in [0.25, 0.3) is 0 Å². The molecule has 0 aromatic rings. The Morgan fingerprint density at radius 2 is 2.12 bits per heavy atom. The minimum Gasteiger partial charge on any atom is -0.481 e. The van der Waals surface area contributed by atoms with Crippen molar-refractivity contribution in [2.75, 3.05) is 0 Å². The van der Waals surface area contributed by atoms with Gasteiger partial charge in [0.25, 0.3) is 0 Å². The van der Waals surface area contributed by atoms with Crippen LogP contribution in [0.2, 0.25) is 0 Å². The quantitative estimate of drug-likeness (QED) is 0.280. The van der Waals surface area contributed by atoms with Crippen LogP contribution < -0.4 is 0 Å². The maximum absolute atomic E-state index is 12.1. The van der Waals surface area contributed by atoms with Crippen molar-refractivity contribution < 1.29 is 19.8 Å². The molecule has 1 aliphatic rings. The van der Waals surface area contributed by atoms with Gasteiger partial charge in [-0.25, -0.2) is 0 Å². The van der Waals surface area contributed by atoms with E-state index in [1.54, 1.807) is 6.08 Å². The first kappa shape index (κ1) is 22.4. The van der Waals surface area contributed by atoms with Crippen molar-refractivity contribution >= 4 is 11.8 Å². The molecule has 0 spiro atoms. The highest BCUT2D eigenvalue weighted by molar-refractivity contribution is 5.88. The minimum atomic E-state index is -0.871. The molecule has 0 bridgehead atoms. The van der Waals surface area contributed by atoms with Crippen molar-refractivity contribution in [2.45, 2.75) is 84.2 Å². The molecule has 1 aliphatic carbocycles. The maximum Gasteiger partial charge on any atom is 0.307 e. The predicted molar refractivity (Wildman–Crippen MR) is 104 cm³/mol. The summed E-state index contributed by atoms with van der Waals surface area (Å²) in [7, 11) is 0. The van der Waals surface area contributed by atoms with Gasteiger partial charge in [-0.15, -0.1) is 5.73 Å². The van der Waals surface area contributed by atoms with Crippen molar-refractivity contribution in [1.29, 1.82) is 0 Å². The first-order chi connectivity index (χ1) is 12.5. The van der Waals surface area contributed by atoms with Gasteiger partial charge >= 0.3 is 5.97 Å². The number of allylic oxidation sites excluding steroid dienone is 2. The highest BCUT2D eigenvalue weighted by atomic mass is 16.4. The van der Waals surface area contributed by atoms with Crippen LogP contribution in [-0.2, 0) is 9.59 Å². The topological polar surface area (TPSA) is 74.6 Å². The van der Waals surface area contributed by atoms with Crippen molar-refractivity contribution in [1.82, 2.24) is 0 Å². The van der Waals surface area contributed by atoms with Gasteiger partial charge < -0.3 is 10.2 Å². The van der Waals surface area contributed by atoms with E-state index in [0.717, 1.165) is 31.3 Å². The van der Waals surface area contributed by atoms with E-state index < -0.39 is 5.97 Å². The highest BCUT2D eigenvalue weighted by Crippen LogP contribution is 2.31.